The van der Waals surface area contributed by atoms with Gasteiger partial charge in [0.2, 0.25) is 0 Å². The van der Waals surface area contributed by atoms with Gasteiger partial charge >= 0.3 is 0 Å². The van der Waals surface area contributed by atoms with E-state index in [9.17, 15) is 4.39 Å². The fourth-order valence-electron chi connectivity index (χ4n) is 0.818. The summed E-state index contributed by atoms with van der Waals surface area (Å²) in [7, 11) is 0. The van der Waals surface area contributed by atoms with E-state index in [1.54, 1.807) is 6.08 Å². The maximum absolute atomic E-state index is 13.0. The molecule has 4 heteroatoms. The predicted molar refractivity (Wildman–Crippen MR) is 54.2 cm³/mol. The molecule has 1 aromatic carbocycles. The van der Waals surface area contributed by atoms with Gasteiger partial charge in [-0.3, -0.25) is 0 Å². The van der Waals surface area contributed by atoms with E-state index in [0.29, 0.717) is 22.5 Å². The van der Waals surface area contributed by atoms with Gasteiger partial charge in [0, 0.05) is 6.07 Å². The van der Waals surface area contributed by atoms with Crippen LogP contribution in [-0.2, 0) is 0 Å². The summed E-state index contributed by atoms with van der Waals surface area (Å²) in [5.41, 5.74) is 5.97. The van der Waals surface area contributed by atoms with Gasteiger partial charge in [-0.25, -0.2) is 4.39 Å². The van der Waals surface area contributed by atoms with E-state index in [2.05, 4.69) is 22.5 Å². The first-order chi connectivity index (χ1) is 6.15. The minimum absolute atomic E-state index is 0.311. The van der Waals surface area contributed by atoms with Gasteiger partial charge in [0.25, 0.3) is 0 Å². The molecule has 70 valence electrons. The third-order valence-electron chi connectivity index (χ3n) is 1.41. The van der Waals surface area contributed by atoms with Crippen molar-refractivity contribution in [3.05, 3.63) is 35.1 Å². The normalized spacial score (nSPS) is 9.69. The average Bonchev–Trinajstić information content (AvgIpc) is 2.09. The molecule has 0 fully saturated rings. The number of hydrogen-bond donors (Lipinski definition) is 1. The molecule has 0 aliphatic carbocycles. The van der Waals surface area contributed by atoms with Gasteiger partial charge in [0.15, 0.2) is 0 Å². The van der Waals surface area contributed by atoms with Gasteiger partial charge in [-0.2, -0.15) is 0 Å². The van der Waals surface area contributed by atoms with Gasteiger partial charge in [-0.1, -0.05) is 12.7 Å². The molecule has 0 spiro atoms. The van der Waals surface area contributed by atoms with Crippen LogP contribution >= 0.6 is 15.9 Å². The molecule has 0 heterocycles. The number of benzene rings is 1. The first-order valence-corrected chi connectivity index (χ1v) is 4.42. The standard InChI is InChI=1S/C9H9BrFNO/c1-2-3-13-9-5-7(11)6(10)4-8(9)12/h2,4-5H,1,3,12H2. The van der Waals surface area contributed by atoms with E-state index in [1.807, 2.05) is 0 Å². The highest BCUT2D eigenvalue weighted by molar-refractivity contribution is 9.10. The smallest absolute Gasteiger partial charge is 0.145 e. The maximum atomic E-state index is 13.0. The summed E-state index contributed by atoms with van der Waals surface area (Å²) in [6.45, 7) is 3.79. The van der Waals surface area contributed by atoms with Gasteiger partial charge in [-0.15, -0.1) is 0 Å². The van der Waals surface area contributed by atoms with Crippen molar-refractivity contribution in [3.63, 3.8) is 0 Å². The predicted octanol–water partition coefficient (Wildman–Crippen LogP) is 2.74. The van der Waals surface area contributed by atoms with Gasteiger partial charge in [0.05, 0.1) is 10.2 Å². The van der Waals surface area contributed by atoms with E-state index in [-0.39, 0.29) is 0 Å². The molecule has 0 unspecified atom stereocenters. The number of ether oxygens (including phenoxy) is 1. The summed E-state index contributed by atoms with van der Waals surface area (Å²) in [6.07, 6.45) is 1.57. The van der Waals surface area contributed by atoms with Crippen LogP contribution in [0.25, 0.3) is 0 Å². The highest BCUT2D eigenvalue weighted by atomic mass is 79.9. The summed E-state index contributed by atoms with van der Waals surface area (Å²) < 4.78 is 18.4. The van der Waals surface area contributed by atoms with Crippen molar-refractivity contribution in [1.82, 2.24) is 0 Å². The van der Waals surface area contributed by atoms with Crippen molar-refractivity contribution in [3.8, 4) is 5.75 Å². The Bertz CT molecular complexity index is 328. The Morgan fingerprint density at radius 1 is 1.62 bits per heavy atom. The van der Waals surface area contributed by atoms with Gasteiger partial charge < -0.3 is 10.5 Å². The van der Waals surface area contributed by atoms with Crippen LogP contribution in [0.4, 0.5) is 10.1 Å². The molecular formula is C9H9BrFNO. The Morgan fingerprint density at radius 3 is 2.92 bits per heavy atom. The monoisotopic (exact) mass is 245 g/mol. The van der Waals surface area contributed by atoms with Gasteiger partial charge in [-0.05, 0) is 22.0 Å². The molecule has 0 atom stereocenters. The van der Waals surface area contributed by atoms with E-state index < -0.39 is 5.82 Å². The SMILES string of the molecule is C=CCOc1cc(F)c(Br)cc1N. The topological polar surface area (TPSA) is 35.2 Å². The van der Waals surface area contributed by atoms with Crippen molar-refractivity contribution < 1.29 is 9.13 Å². The lowest BCUT2D eigenvalue weighted by atomic mass is 10.3. The first kappa shape index (κ1) is 10.1. The summed E-state index contributed by atoms with van der Waals surface area (Å²) in [5.74, 6) is -0.0612. The molecule has 0 amide bonds. The molecule has 1 aromatic rings. The zero-order valence-corrected chi connectivity index (χ0v) is 8.47. The zero-order valence-electron chi connectivity index (χ0n) is 6.89. The zero-order chi connectivity index (χ0) is 9.84. The number of nitrogen functional groups attached to an aromatic ring is 1. The van der Waals surface area contributed by atoms with Crippen LogP contribution in [0.5, 0.6) is 5.75 Å². The quantitative estimate of drug-likeness (QED) is 0.657. The van der Waals surface area contributed by atoms with E-state index in [0.717, 1.165) is 0 Å². The second-order valence-corrected chi connectivity index (χ2v) is 3.26. The van der Waals surface area contributed by atoms with Crippen LogP contribution < -0.4 is 10.5 Å². The minimum atomic E-state index is -0.395. The highest BCUT2D eigenvalue weighted by Crippen LogP contribution is 2.28. The summed E-state index contributed by atoms with van der Waals surface area (Å²) in [5, 5.41) is 0. The van der Waals surface area contributed by atoms with Crippen LogP contribution in [0.2, 0.25) is 0 Å². The molecule has 1 rings (SSSR count). The third-order valence-corrected chi connectivity index (χ3v) is 2.02. The Balaban J connectivity index is 2.94. The Labute approximate surface area is 84.3 Å². The number of rotatable bonds is 3. The summed E-state index contributed by atoms with van der Waals surface area (Å²) in [6, 6.07) is 2.71. The Kier molecular flexibility index (Phi) is 3.31. The van der Waals surface area contributed by atoms with Crippen LogP contribution in [0.3, 0.4) is 0 Å². The molecule has 2 N–H and O–H groups in total. The second kappa shape index (κ2) is 4.28. The van der Waals surface area contributed by atoms with Crippen molar-refractivity contribution >= 4 is 21.6 Å². The molecule has 0 radical (unpaired) electrons. The van der Waals surface area contributed by atoms with Crippen molar-refractivity contribution in [2.75, 3.05) is 12.3 Å². The lowest BCUT2D eigenvalue weighted by Crippen LogP contribution is -1.98. The first-order valence-electron chi connectivity index (χ1n) is 3.63. The summed E-state index contributed by atoms with van der Waals surface area (Å²) in [4.78, 5) is 0. The van der Waals surface area contributed by atoms with E-state index in [4.69, 9.17) is 10.5 Å². The number of halogens is 2. The molecule has 0 saturated carbocycles. The van der Waals surface area contributed by atoms with Crippen LogP contribution in [-0.4, -0.2) is 6.61 Å². The molecule has 0 saturated heterocycles. The molecular weight excluding hydrogens is 237 g/mol. The van der Waals surface area contributed by atoms with Crippen molar-refractivity contribution in [1.29, 1.82) is 0 Å². The fraction of sp³-hybridized carbons (Fsp3) is 0.111. The Hall–Kier alpha value is -1.03. The molecule has 0 aliphatic rings. The lowest BCUT2D eigenvalue weighted by molar-refractivity contribution is 0.362. The largest absolute Gasteiger partial charge is 0.487 e. The van der Waals surface area contributed by atoms with E-state index in [1.165, 1.54) is 12.1 Å². The maximum Gasteiger partial charge on any atom is 0.145 e. The Morgan fingerprint density at radius 2 is 2.31 bits per heavy atom. The number of anilines is 1. The lowest BCUT2D eigenvalue weighted by Gasteiger charge is -2.07. The number of hydrogen-bond acceptors (Lipinski definition) is 2. The van der Waals surface area contributed by atoms with Crippen LogP contribution in [0.15, 0.2) is 29.3 Å². The van der Waals surface area contributed by atoms with Gasteiger partial charge in [0.1, 0.15) is 18.2 Å². The van der Waals surface area contributed by atoms with Crippen molar-refractivity contribution in [2.45, 2.75) is 0 Å². The molecule has 0 aliphatic heterocycles. The van der Waals surface area contributed by atoms with E-state index >= 15 is 0 Å². The number of nitrogens with two attached hydrogens (primary N) is 1. The molecule has 2 nitrogen and oxygen atoms in total. The minimum Gasteiger partial charge on any atom is -0.487 e. The average molecular weight is 246 g/mol. The fourth-order valence-corrected chi connectivity index (χ4v) is 1.18. The second-order valence-electron chi connectivity index (χ2n) is 2.40. The molecule has 13 heavy (non-hydrogen) atoms. The molecule has 0 bridgehead atoms. The summed E-state index contributed by atoms with van der Waals surface area (Å²) >= 11 is 3.02. The molecule has 0 aromatic heterocycles. The van der Waals surface area contributed by atoms with Crippen LogP contribution in [0, 0.1) is 5.82 Å². The van der Waals surface area contributed by atoms with Crippen LogP contribution in [0.1, 0.15) is 0 Å². The van der Waals surface area contributed by atoms with Crippen molar-refractivity contribution in [2.24, 2.45) is 0 Å². The highest BCUT2D eigenvalue weighted by Gasteiger charge is 2.05. The third kappa shape index (κ3) is 2.45.